The number of carbonyl (C=O) groups is 1. The standard InChI is InChI=1S/C32H37N7O2/c1-20-14-24(28-6-7-29(40)37-36-28)16-27-30(20)34-19-35-31(27)39-11-8-22-4-5-23(15-25(22)18-39)32(41)38-12-9-26(10-13-38)33-17-21-2-3-21/h4-7,14-16,19,21,26,33,36-37,40H,2-3,8-13,17-18H2,1H3/p+1. The zero-order chi connectivity index (χ0) is 27.9. The Morgan fingerprint density at radius 2 is 1.93 bits per heavy atom. The molecule has 3 aromatic rings. The maximum atomic E-state index is 13.5. The number of aromatic nitrogens is 2. The summed E-state index contributed by atoms with van der Waals surface area (Å²) >= 11 is 0. The van der Waals surface area contributed by atoms with E-state index in [2.05, 4.69) is 51.8 Å². The fourth-order valence-corrected chi connectivity index (χ4v) is 6.34. The van der Waals surface area contributed by atoms with Crippen LogP contribution in [0.2, 0.25) is 0 Å². The number of fused-ring (bicyclic) bond motifs is 2. The third-order valence-corrected chi connectivity index (χ3v) is 8.98. The van der Waals surface area contributed by atoms with Crippen LogP contribution in [0.25, 0.3) is 16.6 Å². The lowest BCUT2D eigenvalue weighted by molar-refractivity contribution is -0.623. The molecule has 1 saturated carbocycles. The highest BCUT2D eigenvalue weighted by Gasteiger charge is 2.28. The van der Waals surface area contributed by atoms with Gasteiger partial charge < -0.3 is 20.2 Å². The first-order valence-electron chi connectivity index (χ1n) is 14.9. The lowest BCUT2D eigenvalue weighted by atomic mass is 9.95. The third kappa shape index (κ3) is 5.39. The first kappa shape index (κ1) is 26.0. The van der Waals surface area contributed by atoms with Crippen LogP contribution >= 0.6 is 0 Å². The molecule has 0 spiro atoms. The highest BCUT2D eigenvalue weighted by Crippen LogP contribution is 2.32. The van der Waals surface area contributed by atoms with E-state index >= 15 is 0 Å². The van der Waals surface area contributed by atoms with Gasteiger partial charge in [0.2, 0.25) is 5.88 Å². The van der Waals surface area contributed by atoms with Gasteiger partial charge in [0.15, 0.2) is 5.70 Å². The van der Waals surface area contributed by atoms with E-state index in [1.54, 1.807) is 12.4 Å². The number of nitrogens with zero attached hydrogens (tertiary/aromatic N) is 4. The first-order valence-corrected chi connectivity index (χ1v) is 14.9. The number of aryl methyl sites for hydroxylation is 1. The van der Waals surface area contributed by atoms with E-state index in [1.165, 1.54) is 24.0 Å². The molecule has 2 aromatic carbocycles. The van der Waals surface area contributed by atoms with Gasteiger partial charge in [0.05, 0.1) is 5.52 Å². The second kappa shape index (κ2) is 10.8. The van der Waals surface area contributed by atoms with Crippen molar-refractivity contribution in [2.24, 2.45) is 5.92 Å². The molecular weight excluding hydrogens is 514 g/mol. The van der Waals surface area contributed by atoms with Crippen LogP contribution in [0.15, 0.2) is 54.7 Å². The topological polar surface area (TPSA) is 110 Å². The number of likely N-dealkylation sites (tertiary alicyclic amines) is 1. The Kier molecular flexibility index (Phi) is 6.84. The van der Waals surface area contributed by atoms with Crippen molar-refractivity contribution in [1.82, 2.24) is 25.6 Å². The number of piperidine rings is 1. The van der Waals surface area contributed by atoms with E-state index in [0.717, 1.165) is 90.5 Å². The second-order valence-corrected chi connectivity index (χ2v) is 11.9. The number of nitrogens with one attached hydrogen (secondary N) is 2. The predicted molar refractivity (Wildman–Crippen MR) is 159 cm³/mol. The van der Waals surface area contributed by atoms with Crippen molar-refractivity contribution in [1.29, 1.82) is 0 Å². The average molecular weight is 553 g/mol. The number of amides is 1. The summed E-state index contributed by atoms with van der Waals surface area (Å²) in [6, 6.07) is 11.1. The Morgan fingerprint density at radius 1 is 1.07 bits per heavy atom. The normalized spacial score (nSPS) is 19.4. The quantitative estimate of drug-likeness (QED) is 0.348. The molecule has 0 radical (unpaired) electrons. The van der Waals surface area contributed by atoms with Crippen LogP contribution in [0.1, 0.15) is 58.3 Å². The molecule has 1 amide bonds. The van der Waals surface area contributed by atoms with E-state index in [-0.39, 0.29) is 11.8 Å². The van der Waals surface area contributed by atoms with Gasteiger partial charge >= 0.3 is 0 Å². The number of allylic oxidation sites excluding steroid dienone is 2. The zero-order valence-electron chi connectivity index (χ0n) is 23.6. The molecule has 0 bridgehead atoms. The number of hydrogen-bond acceptors (Lipinski definition) is 7. The summed E-state index contributed by atoms with van der Waals surface area (Å²) in [5, 5.41) is 14.4. The lowest BCUT2D eigenvalue weighted by Crippen LogP contribution is -2.90. The van der Waals surface area contributed by atoms with Crippen LogP contribution in [0, 0.1) is 12.8 Å². The largest absolute Gasteiger partial charge is 0.492 e. The molecule has 4 aliphatic rings. The summed E-state index contributed by atoms with van der Waals surface area (Å²) in [4.78, 5) is 27.2. The molecule has 212 valence electrons. The molecule has 1 aromatic heterocycles. The van der Waals surface area contributed by atoms with Crippen molar-refractivity contribution in [3.05, 3.63) is 82.5 Å². The molecule has 9 nitrogen and oxygen atoms in total. The van der Waals surface area contributed by atoms with Crippen LogP contribution in [-0.2, 0) is 13.0 Å². The van der Waals surface area contributed by atoms with Crippen molar-refractivity contribution in [2.45, 2.75) is 51.6 Å². The minimum Gasteiger partial charge on any atom is -0.492 e. The van der Waals surface area contributed by atoms with Gasteiger partial charge in [-0.15, -0.1) is 0 Å². The molecule has 2 fully saturated rings. The monoisotopic (exact) mass is 552 g/mol. The van der Waals surface area contributed by atoms with Gasteiger partial charge in [-0.1, -0.05) is 6.07 Å². The average Bonchev–Trinajstić information content (AvgIpc) is 3.84. The van der Waals surface area contributed by atoms with E-state index < -0.39 is 0 Å². The molecule has 1 saturated heterocycles. The number of anilines is 1. The molecule has 4 heterocycles. The first-order chi connectivity index (χ1) is 20.0. The Hall–Kier alpha value is -3.95. The SMILES string of the molecule is Cc1cc(C2=CC=C(O)N[NH2+]2)cc2c(N3CCc4ccc(C(=O)N5CCC(NCC6CC6)CC5)cc4C3)ncnc12. The minimum atomic E-state index is 0.130. The van der Waals surface area contributed by atoms with Crippen molar-refractivity contribution < 1.29 is 15.3 Å². The molecule has 1 aliphatic carbocycles. The van der Waals surface area contributed by atoms with Crippen molar-refractivity contribution in [3.8, 4) is 0 Å². The lowest BCUT2D eigenvalue weighted by Gasteiger charge is -2.33. The van der Waals surface area contributed by atoms with E-state index in [1.807, 2.05) is 22.5 Å². The number of hydrogen-bond donors (Lipinski definition) is 4. The Morgan fingerprint density at radius 3 is 2.71 bits per heavy atom. The van der Waals surface area contributed by atoms with E-state index in [9.17, 15) is 9.90 Å². The molecule has 0 atom stereocenters. The summed E-state index contributed by atoms with van der Waals surface area (Å²) in [6.45, 7) is 6.39. The van der Waals surface area contributed by atoms with E-state index in [4.69, 9.17) is 4.98 Å². The molecular formula is C32H38N7O2+. The Balaban J connectivity index is 1.10. The predicted octanol–water partition coefficient (Wildman–Crippen LogP) is 2.93. The summed E-state index contributed by atoms with van der Waals surface area (Å²) < 4.78 is 0. The van der Waals surface area contributed by atoms with Gasteiger partial charge in [-0.25, -0.2) is 20.8 Å². The maximum Gasteiger partial charge on any atom is 0.253 e. The summed E-state index contributed by atoms with van der Waals surface area (Å²) in [7, 11) is 0. The van der Waals surface area contributed by atoms with Crippen LogP contribution in [-0.4, -0.2) is 58.1 Å². The van der Waals surface area contributed by atoms with Gasteiger partial charge in [-0.2, -0.15) is 0 Å². The van der Waals surface area contributed by atoms with Crippen molar-refractivity contribution >= 4 is 28.3 Å². The fourth-order valence-electron chi connectivity index (χ4n) is 6.34. The summed E-state index contributed by atoms with van der Waals surface area (Å²) in [5.74, 6) is 2.06. The van der Waals surface area contributed by atoms with Gasteiger partial charge in [0.1, 0.15) is 12.1 Å². The van der Waals surface area contributed by atoms with Crippen molar-refractivity contribution in [2.75, 3.05) is 31.1 Å². The van der Waals surface area contributed by atoms with Crippen molar-refractivity contribution in [3.63, 3.8) is 0 Å². The third-order valence-electron chi connectivity index (χ3n) is 8.98. The van der Waals surface area contributed by atoms with Crippen LogP contribution in [0.3, 0.4) is 0 Å². The second-order valence-electron chi connectivity index (χ2n) is 11.9. The maximum absolute atomic E-state index is 13.5. The molecule has 7 rings (SSSR count). The molecule has 5 N–H and O–H groups in total. The van der Waals surface area contributed by atoms with E-state index in [0.29, 0.717) is 12.6 Å². The Labute approximate surface area is 240 Å². The van der Waals surface area contributed by atoms with Crippen LogP contribution in [0.5, 0.6) is 0 Å². The summed E-state index contributed by atoms with van der Waals surface area (Å²) in [6.07, 6.45) is 10.9. The fraction of sp³-hybridized carbons (Fsp3) is 0.406. The molecule has 9 heteroatoms. The number of carbonyl (C=O) groups excluding carboxylic acids is 1. The summed E-state index contributed by atoms with van der Waals surface area (Å²) in [5.41, 5.74) is 12.0. The van der Waals surface area contributed by atoms with Crippen LogP contribution in [0.4, 0.5) is 5.82 Å². The van der Waals surface area contributed by atoms with Gasteiger partial charge in [0, 0.05) is 60.9 Å². The van der Waals surface area contributed by atoms with Crippen LogP contribution < -0.4 is 21.1 Å². The number of rotatable bonds is 6. The number of quaternary nitrogens is 1. The number of benzene rings is 2. The number of aliphatic hydroxyl groups is 1. The number of nitrogens with two attached hydrogens (primary N) is 1. The Bertz CT molecular complexity index is 1550. The molecule has 0 unspecified atom stereocenters. The highest BCUT2D eigenvalue weighted by molar-refractivity contribution is 5.95. The zero-order valence-corrected chi connectivity index (χ0v) is 23.6. The highest BCUT2D eigenvalue weighted by atomic mass is 16.3. The van der Waals surface area contributed by atoms with Gasteiger partial charge in [0.25, 0.3) is 5.91 Å². The minimum absolute atomic E-state index is 0.130. The number of aliphatic hydroxyl groups excluding tert-OH is 1. The smallest absolute Gasteiger partial charge is 0.253 e. The van der Waals surface area contributed by atoms with Gasteiger partial charge in [-0.3, -0.25) is 4.79 Å². The van der Waals surface area contributed by atoms with Gasteiger partial charge in [-0.05, 0) is 92.4 Å². The molecule has 41 heavy (non-hydrogen) atoms. The molecule has 3 aliphatic heterocycles.